The Morgan fingerprint density at radius 2 is 2.03 bits per heavy atom. The Balaban J connectivity index is 0.00000160. The second kappa shape index (κ2) is 12.3. The first-order valence-corrected chi connectivity index (χ1v) is 10.2. The second-order valence-electron chi connectivity index (χ2n) is 7.51. The number of nitrogens with one attached hydrogen (secondary N) is 2. The monoisotopic (exact) mass is 455 g/mol. The number of benzene rings is 1. The fourth-order valence-corrected chi connectivity index (χ4v) is 3.86. The number of carbonyl (C=O) groups excluding carboxylic acids is 1. The predicted octanol–water partition coefficient (Wildman–Crippen LogP) is 1.89. The molecule has 0 aliphatic carbocycles. The van der Waals surface area contributed by atoms with Crippen molar-refractivity contribution in [2.75, 3.05) is 39.3 Å². The van der Waals surface area contributed by atoms with Crippen molar-refractivity contribution in [1.82, 2.24) is 25.1 Å². The molecule has 2 aliphatic heterocycles. The zero-order valence-corrected chi connectivity index (χ0v) is 18.7. The van der Waals surface area contributed by atoms with E-state index in [2.05, 4.69) is 49.4 Å². The molecule has 1 unspecified atom stereocenters. The van der Waals surface area contributed by atoms with E-state index in [1.807, 2.05) is 12.3 Å². The lowest BCUT2D eigenvalue weighted by Gasteiger charge is -2.24. The number of amides is 1. The minimum absolute atomic E-state index is 0. The molecule has 2 aliphatic rings. The third-order valence-corrected chi connectivity index (χ3v) is 5.32. The van der Waals surface area contributed by atoms with Crippen LogP contribution in [-0.4, -0.2) is 65.8 Å². The minimum atomic E-state index is -0.115. The van der Waals surface area contributed by atoms with Gasteiger partial charge in [-0.1, -0.05) is 30.3 Å². The normalized spacial score (nSPS) is 19.4. The lowest BCUT2D eigenvalue weighted by Crippen LogP contribution is -2.40. The van der Waals surface area contributed by atoms with Crippen LogP contribution in [0.5, 0.6) is 0 Å². The van der Waals surface area contributed by atoms with Crippen molar-refractivity contribution in [3.63, 3.8) is 0 Å². The second-order valence-corrected chi connectivity index (χ2v) is 7.51. The van der Waals surface area contributed by atoms with Gasteiger partial charge in [-0.3, -0.25) is 9.69 Å². The van der Waals surface area contributed by atoms with Gasteiger partial charge in [-0.15, -0.1) is 24.8 Å². The standard InChI is InChI=1S/C21H29N5O2.2ClH/c27-21(19-16-26-11-9-22-8-7-20(26)24-19)23-13-18-15-25(10-4-12-28-18)14-17-5-2-1-3-6-17;;/h1-3,5-6,16,18,22H,4,7-15H2,(H,23,27);2*1H. The number of hydrogen-bond donors (Lipinski definition) is 2. The Bertz CT molecular complexity index is 763. The van der Waals surface area contributed by atoms with Gasteiger partial charge in [0.25, 0.3) is 5.91 Å². The van der Waals surface area contributed by atoms with Crippen LogP contribution in [0.15, 0.2) is 36.5 Å². The molecule has 3 heterocycles. The zero-order valence-electron chi connectivity index (χ0n) is 17.1. The topological polar surface area (TPSA) is 71.4 Å². The number of ether oxygens (including phenoxy) is 1. The quantitative estimate of drug-likeness (QED) is 0.719. The maximum absolute atomic E-state index is 12.6. The summed E-state index contributed by atoms with van der Waals surface area (Å²) < 4.78 is 8.05. The van der Waals surface area contributed by atoms with Gasteiger partial charge in [0.2, 0.25) is 0 Å². The van der Waals surface area contributed by atoms with Crippen LogP contribution in [0.3, 0.4) is 0 Å². The number of hydrogen-bond acceptors (Lipinski definition) is 5. The summed E-state index contributed by atoms with van der Waals surface area (Å²) in [5.41, 5.74) is 1.81. The summed E-state index contributed by atoms with van der Waals surface area (Å²) in [6.07, 6.45) is 3.74. The summed E-state index contributed by atoms with van der Waals surface area (Å²) in [5, 5.41) is 6.37. The van der Waals surface area contributed by atoms with Crippen LogP contribution in [0.4, 0.5) is 0 Å². The highest BCUT2D eigenvalue weighted by atomic mass is 35.5. The molecular weight excluding hydrogens is 425 g/mol. The molecule has 2 aromatic rings. The Morgan fingerprint density at radius 3 is 2.87 bits per heavy atom. The number of aromatic nitrogens is 2. The van der Waals surface area contributed by atoms with Gasteiger partial charge in [0, 0.05) is 65.0 Å². The molecule has 4 rings (SSSR count). The highest BCUT2D eigenvalue weighted by Gasteiger charge is 2.21. The van der Waals surface area contributed by atoms with Crippen molar-refractivity contribution in [1.29, 1.82) is 0 Å². The molecule has 0 bridgehead atoms. The molecule has 30 heavy (non-hydrogen) atoms. The number of fused-ring (bicyclic) bond motifs is 1. The van der Waals surface area contributed by atoms with Crippen molar-refractivity contribution in [3.05, 3.63) is 53.6 Å². The van der Waals surface area contributed by atoms with E-state index < -0.39 is 0 Å². The molecule has 1 amide bonds. The summed E-state index contributed by atoms with van der Waals surface area (Å²) in [4.78, 5) is 19.5. The van der Waals surface area contributed by atoms with Crippen LogP contribution in [0.25, 0.3) is 0 Å². The van der Waals surface area contributed by atoms with Crippen molar-refractivity contribution < 1.29 is 9.53 Å². The van der Waals surface area contributed by atoms with E-state index in [0.29, 0.717) is 12.2 Å². The highest BCUT2D eigenvalue weighted by molar-refractivity contribution is 5.92. The van der Waals surface area contributed by atoms with E-state index in [0.717, 1.165) is 64.5 Å². The van der Waals surface area contributed by atoms with Gasteiger partial charge >= 0.3 is 0 Å². The van der Waals surface area contributed by atoms with Crippen LogP contribution in [0.1, 0.15) is 28.3 Å². The van der Waals surface area contributed by atoms with E-state index in [9.17, 15) is 4.79 Å². The third kappa shape index (κ3) is 6.68. The average molecular weight is 456 g/mol. The van der Waals surface area contributed by atoms with Gasteiger partial charge in [0.1, 0.15) is 11.5 Å². The van der Waals surface area contributed by atoms with Crippen LogP contribution in [0.2, 0.25) is 0 Å². The smallest absolute Gasteiger partial charge is 0.271 e. The maximum atomic E-state index is 12.6. The van der Waals surface area contributed by atoms with Gasteiger partial charge in [-0.25, -0.2) is 4.98 Å². The number of imidazole rings is 1. The average Bonchev–Trinajstić information content (AvgIpc) is 2.85. The summed E-state index contributed by atoms with van der Waals surface area (Å²) in [6, 6.07) is 10.5. The summed E-state index contributed by atoms with van der Waals surface area (Å²) in [7, 11) is 0. The van der Waals surface area contributed by atoms with Gasteiger partial charge in [-0.2, -0.15) is 0 Å². The number of carbonyl (C=O) groups is 1. The van der Waals surface area contributed by atoms with Crippen molar-refractivity contribution >= 4 is 30.7 Å². The molecule has 0 spiro atoms. The van der Waals surface area contributed by atoms with E-state index in [-0.39, 0.29) is 36.8 Å². The van der Waals surface area contributed by atoms with E-state index in [1.165, 1.54) is 5.56 Å². The lowest BCUT2D eigenvalue weighted by atomic mass is 10.2. The number of nitrogens with zero attached hydrogens (tertiary/aromatic N) is 3. The van der Waals surface area contributed by atoms with Gasteiger partial charge in [0.15, 0.2) is 0 Å². The molecule has 1 saturated heterocycles. The molecule has 1 aromatic carbocycles. The summed E-state index contributed by atoms with van der Waals surface area (Å²) >= 11 is 0. The first-order valence-electron chi connectivity index (χ1n) is 10.2. The Labute approximate surface area is 190 Å². The Kier molecular flexibility index (Phi) is 10.1. The lowest BCUT2D eigenvalue weighted by molar-refractivity contribution is 0.0510. The summed E-state index contributed by atoms with van der Waals surface area (Å²) in [6.45, 7) is 6.67. The molecule has 7 nitrogen and oxygen atoms in total. The third-order valence-electron chi connectivity index (χ3n) is 5.32. The highest BCUT2D eigenvalue weighted by Crippen LogP contribution is 2.11. The molecule has 2 N–H and O–H groups in total. The maximum Gasteiger partial charge on any atom is 0.271 e. The molecule has 1 atom stereocenters. The van der Waals surface area contributed by atoms with Gasteiger partial charge in [0.05, 0.1) is 6.10 Å². The van der Waals surface area contributed by atoms with E-state index >= 15 is 0 Å². The predicted molar refractivity (Wildman–Crippen MR) is 122 cm³/mol. The van der Waals surface area contributed by atoms with Crippen LogP contribution in [-0.2, 0) is 24.2 Å². The largest absolute Gasteiger partial charge is 0.375 e. The number of halogens is 2. The van der Waals surface area contributed by atoms with Crippen LogP contribution < -0.4 is 10.6 Å². The molecule has 0 radical (unpaired) electrons. The van der Waals surface area contributed by atoms with E-state index in [4.69, 9.17) is 4.74 Å². The van der Waals surface area contributed by atoms with Crippen LogP contribution in [0, 0.1) is 0 Å². The van der Waals surface area contributed by atoms with Gasteiger partial charge < -0.3 is 19.9 Å². The fraction of sp³-hybridized carbons (Fsp3) is 0.524. The molecule has 1 fully saturated rings. The minimum Gasteiger partial charge on any atom is -0.375 e. The van der Waals surface area contributed by atoms with Gasteiger partial charge in [-0.05, 0) is 12.0 Å². The molecule has 1 aromatic heterocycles. The van der Waals surface area contributed by atoms with E-state index in [1.54, 1.807) is 0 Å². The zero-order chi connectivity index (χ0) is 19.2. The SMILES string of the molecule is Cl.Cl.O=C(NCC1CN(Cc2ccccc2)CCCO1)c1cn2c(n1)CCNCC2. The first kappa shape index (κ1) is 24.6. The summed E-state index contributed by atoms with van der Waals surface area (Å²) in [5.74, 6) is 0.867. The molecule has 0 saturated carbocycles. The van der Waals surface area contributed by atoms with Crippen molar-refractivity contribution in [3.8, 4) is 0 Å². The molecule has 9 heteroatoms. The Hall–Kier alpha value is -1.64. The molecule has 166 valence electrons. The Morgan fingerprint density at radius 1 is 1.20 bits per heavy atom. The van der Waals surface area contributed by atoms with Crippen LogP contribution >= 0.6 is 24.8 Å². The number of rotatable bonds is 5. The molecular formula is C21H31Cl2N5O2. The fourth-order valence-electron chi connectivity index (χ4n) is 3.86. The van der Waals surface area contributed by atoms with Crippen molar-refractivity contribution in [2.45, 2.75) is 32.0 Å². The first-order chi connectivity index (χ1) is 13.8. The van der Waals surface area contributed by atoms with Crippen molar-refractivity contribution in [2.24, 2.45) is 0 Å².